The molecule has 0 unspecified atom stereocenters. The van der Waals surface area contributed by atoms with E-state index < -0.39 is 75.5 Å². The molecule has 43 heavy (non-hydrogen) atoms. The molecule has 6 rings (SSSR count). The normalized spacial score (nSPS) is 31.0. The summed E-state index contributed by atoms with van der Waals surface area (Å²) in [5.41, 5.74) is -3.33. The molecule has 5 N–H and O–H groups in total. The van der Waals surface area contributed by atoms with Gasteiger partial charge in [-0.3, -0.25) is 24.2 Å². The van der Waals surface area contributed by atoms with Crippen molar-refractivity contribution in [1.82, 2.24) is 9.80 Å². The molecule has 1 aromatic heterocycles. The van der Waals surface area contributed by atoms with E-state index in [2.05, 4.69) is 4.90 Å². The molecule has 0 amide bonds. The SMILES string of the molecule is CC(=O)C1=C(O)[C@@]2(O)C(=O)C3=C(O)c4c(ccc(-c5ccc(CN6CCCC6)o5)c4O)[C@H](C)[C@H]3[C@H](O)[C@H]2[C@H](N(C)C)C1=O. The Morgan fingerprint density at radius 1 is 1.09 bits per heavy atom. The van der Waals surface area contributed by atoms with Crippen LogP contribution < -0.4 is 0 Å². The van der Waals surface area contributed by atoms with Crippen molar-refractivity contribution in [1.29, 1.82) is 0 Å². The summed E-state index contributed by atoms with van der Waals surface area (Å²) in [6, 6.07) is 5.56. The Hall–Kier alpha value is -3.77. The van der Waals surface area contributed by atoms with Gasteiger partial charge in [-0.25, -0.2) is 0 Å². The van der Waals surface area contributed by atoms with Gasteiger partial charge in [0.2, 0.25) is 5.78 Å². The highest BCUT2D eigenvalue weighted by atomic mass is 16.4. The van der Waals surface area contributed by atoms with Crippen molar-refractivity contribution in [2.45, 2.75) is 56.9 Å². The minimum atomic E-state index is -2.88. The van der Waals surface area contributed by atoms with Crippen molar-refractivity contribution in [3.05, 3.63) is 58.1 Å². The first kappa shape index (κ1) is 29.3. The van der Waals surface area contributed by atoms with Crippen LogP contribution in [0.2, 0.25) is 0 Å². The van der Waals surface area contributed by atoms with E-state index >= 15 is 0 Å². The van der Waals surface area contributed by atoms with Crippen molar-refractivity contribution in [2.24, 2.45) is 11.8 Å². The predicted molar refractivity (Wildman–Crippen MR) is 154 cm³/mol. The summed E-state index contributed by atoms with van der Waals surface area (Å²) in [5, 5.41) is 57.8. The largest absolute Gasteiger partial charge is 0.508 e. The Morgan fingerprint density at radius 3 is 2.40 bits per heavy atom. The number of aliphatic hydroxyl groups excluding tert-OH is 3. The third kappa shape index (κ3) is 4.06. The first-order valence-electron chi connectivity index (χ1n) is 14.5. The highest BCUT2D eigenvalue weighted by Crippen LogP contribution is 2.57. The molecule has 1 saturated carbocycles. The topological polar surface area (TPSA) is 172 Å². The van der Waals surface area contributed by atoms with E-state index in [1.54, 1.807) is 25.1 Å². The minimum absolute atomic E-state index is 0.0531. The van der Waals surface area contributed by atoms with E-state index in [0.717, 1.165) is 38.6 Å². The number of aromatic hydroxyl groups is 1. The molecule has 11 heteroatoms. The number of likely N-dealkylation sites (tertiary alicyclic amines) is 1. The average molecular weight is 593 g/mol. The monoisotopic (exact) mass is 592 g/mol. The van der Waals surface area contributed by atoms with Crippen LogP contribution in [0.5, 0.6) is 5.75 Å². The lowest BCUT2D eigenvalue weighted by molar-refractivity contribution is -0.169. The number of hydrogen-bond acceptors (Lipinski definition) is 11. The van der Waals surface area contributed by atoms with E-state index in [-0.39, 0.29) is 16.9 Å². The number of aliphatic hydroxyl groups is 4. The van der Waals surface area contributed by atoms with Crippen molar-refractivity contribution in [3.63, 3.8) is 0 Å². The maximum absolute atomic E-state index is 14.2. The third-order valence-corrected chi connectivity index (χ3v) is 9.74. The molecule has 3 aliphatic carbocycles. The molecule has 6 atom stereocenters. The number of benzene rings is 1. The van der Waals surface area contributed by atoms with Gasteiger partial charge in [0.1, 0.15) is 34.4 Å². The van der Waals surface area contributed by atoms with Crippen molar-refractivity contribution in [2.75, 3.05) is 27.2 Å². The van der Waals surface area contributed by atoms with Crippen LogP contribution in [0.15, 0.2) is 45.6 Å². The maximum atomic E-state index is 14.2. The molecular formula is C32H36N2O9. The number of phenolic OH excluding ortho intramolecular Hbond substituents is 1. The number of nitrogens with zero attached hydrogens (tertiary/aromatic N) is 2. The van der Waals surface area contributed by atoms with Gasteiger partial charge in [-0.05, 0) is 76.6 Å². The third-order valence-electron chi connectivity index (χ3n) is 9.74. The average Bonchev–Trinajstić information content (AvgIpc) is 3.63. The van der Waals surface area contributed by atoms with Crippen molar-refractivity contribution < 1.29 is 44.3 Å². The second-order valence-electron chi connectivity index (χ2n) is 12.4. The van der Waals surface area contributed by atoms with Gasteiger partial charge in [-0.15, -0.1) is 0 Å². The maximum Gasteiger partial charge on any atom is 0.202 e. The summed E-state index contributed by atoms with van der Waals surface area (Å²) in [7, 11) is 3.01. The molecule has 4 aliphatic rings. The van der Waals surface area contributed by atoms with Gasteiger partial charge < -0.3 is 29.9 Å². The minimum Gasteiger partial charge on any atom is -0.508 e. The summed E-state index contributed by atoms with van der Waals surface area (Å²) in [5.74, 6) is -7.18. The molecule has 1 aromatic carbocycles. The van der Waals surface area contributed by atoms with Gasteiger partial charge in [0.05, 0.1) is 35.7 Å². The predicted octanol–water partition coefficient (Wildman–Crippen LogP) is 2.46. The number of carbonyl (C=O) groups is 3. The van der Waals surface area contributed by atoms with Gasteiger partial charge in [-0.1, -0.05) is 13.0 Å². The van der Waals surface area contributed by atoms with Crippen LogP contribution in [0.4, 0.5) is 0 Å². The zero-order chi connectivity index (χ0) is 31.1. The second-order valence-corrected chi connectivity index (χ2v) is 12.4. The Kier molecular flexibility index (Phi) is 6.92. The highest BCUT2D eigenvalue weighted by Gasteiger charge is 2.68. The number of fused-ring (bicyclic) bond motifs is 3. The van der Waals surface area contributed by atoms with E-state index in [1.165, 1.54) is 19.0 Å². The highest BCUT2D eigenvalue weighted by molar-refractivity contribution is 6.25. The molecule has 2 fully saturated rings. The number of phenols is 1. The van der Waals surface area contributed by atoms with Gasteiger partial charge in [0, 0.05) is 11.5 Å². The number of rotatable bonds is 5. The van der Waals surface area contributed by atoms with Crippen LogP contribution >= 0.6 is 0 Å². The van der Waals surface area contributed by atoms with Crippen LogP contribution in [0.1, 0.15) is 49.5 Å². The first-order valence-corrected chi connectivity index (χ1v) is 14.5. The smallest absolute Gasteiger partial charge is 0.202 e. The fourth-order valence-corrected chi connectivity index (χ4v) is 7.69. The first-order chi connectivity index (χ1) is 20.3. The number of Topliss-reactive ketones (excluding diaryl/α,β-unsaturated/α-hetero) is 3. The number of ketones is 3. The van der Waals surface area contributed by atoms with Crippen LogP contribution in [-0.4, -0.2) is 97.6 Å². The van der Waals surface area contributed by atoms with Crippen LogP contribution in [0.3, 0.4) is 0 Å². The molecule has 0 radical (unpaired) electrons. The molecule has 2 heterocycles. The van der Waals surface area contributed by atoms with Crippen LogP contribution in [0.25, 0.3) is 17.1 Å². The Balaban J connectivity index is 1.49. The zero-order valence-electron chi connectivity index (χ0n) is 24.5. The quantitative estimate of drug-likeness (QED) is 0.323. The van der Waals surface area contributed by atoms with E-state index in [0.29, 0.717) is 17.9 Å². The number of likely N-dealkylation sites (N-methyl/N-ethyl adjacent to an activating group) is 1. The van der Waals surface area contributed by atoms with Gasteiger partial charge in [-0.2, -0.15) is 0 Å². The molecule has 1 aliphatic heterocycles. The summed E-state index contributed by atoms with van der Waals surface area (Å²) >= 11 is 0. The van der Waals surface area contributed by atoms with E-state index in [4.69, 9.17) is 4.42 Å². The van der Waals surface area contributed by atoms with E-state index in [1.807, 2.05) is 6.07 Å². The molecular weight excluding hydrogens is 556 g/mol. The zero-order valence-corrected chi connectivity index (χ0v) is 24.5. The lowest BCUT2D eigenvalue weighted by Crippen LogP contribution is -2.70. The second kappa shape index (κ2) is 10.2. The molecule has 0 bridgehead atoms. The summed E-state index contributed by atoms with van der Waals surface area (Å²) in [4.78, 5) is 43.6. The van der Waals surface area contributed by atoms with Gasteiger partial charge in [0.15, 0.2) is 17.2 Å². The van der Waals surface area contributed by atoms with E-state index in [9.17, 15) is 39.9 Å². The Morgan fingerprint density at radius 2 is 1.77 bits per heavy atom. The summed E-state index contributed by atoms with van der Waals surface area (Å²) in [6.07, 6.45) is 0.659. The lowest BCUT2D eigenvalue weighted by atomic mass is 9.54. The van der Waals surface area contributed by atoms with Gasteiger partial charge in [0.25, 0.3) is 0 Å². The fraction of sp³-hybridized carbons (Fsp3) is 0.469. The standard InChI is InChI=1S/C32H36N2O9/c1-14-17-8-9-18(19-10-7-16(43-19)13-34-11-5-6-12-34)26(36)22(17)27(37)23-20(14)28(38)24-25(33(3)4)29(39)21(15(2)35)30(40)32(24,42)31(23)41/h7-10,14,20,24-25,28,36-38,40,42H,5-6,11-13H2,1-4H3/t14-,20+,24+,25-,28-,32+/m0/s1. The van der Waals surface area contributed by atoms with Crippen LogP contribution in [0, 0.1) is 11.8 Å². The number of furan rings is 1. The van der Waals surface area contributed by atoms with Gasteiger partial charge >= 0.3 is 0 Å². The Bertz CT molecular complexity index is 1610. The van der Waals surface area contributed by atoms with Crippen LogP contribution in [-0.2, 0) is 20.9 Å². The number of carbonyl (C=O) groups excluding carboxylic acids is 3. The Labute approximate surface area is 248 Å². The molecule has 228 valence electrons. The molecule has 2 aromatic rings. The molecule has 0 spiro atoms. The van der Waals surface area contributed by atoms with Crippen molar-refractivity contribution >= 4 is 23.1 Å². The number of hydrogen-bond donors (Lipinski definition) is 5. The van der Waals surface area contributed by atoms with Crippen molar-refractivity contribution in [3.8, 4) is 17.1 Å². The summed E-state index contributed by atoms with van der Waals surface area (Å²) < 4.78 is 6.04. The lowest BCUT2D eigenvalue weighted by Gasteiger charge is -2.53. The molecule has 1 saturated heterocycles. The fourth-order valence-electron chi connectivity index (χ4n) is 7.69. The summed E-state index contributed by atoms with van der Waals surface area (Å²) in [6.45, 7) is 5.34. The molecule has 11 nitrogen and oxygen atoms in total.